The van der Waals surface area contributed by atoms with Crippen molar-refractivity contribution in [3.8, 4) is 5.69 Å². The standard InChI is InChI=1S/C18H15N5S/c1-13(14-6-8-15(9-7-14)23-11-10-19-12-23)21-22-18-20-16-4-2-3-5-17(16)24-18/h2-12H,1H3,(H,20,22). The van der Waals surface area contributed by atoms with Gasteiger partial charge in [-0.2, -0.15) is 5.10 Å². The highest BCUT2D eigenvalue weighted by Gasteiger charge is 2.03. The molecule has 0 fully saturated rings. The molecule has 0 spiro atoms. The van der Waals surface area contributed by atoms with Crippen LogP contribution in [0.25, 0.3) is 15.9 Å². The maximum Gasteiger partial charge on any atom is 0.204 e. The lowest BCUT2D eigenvalue weighted by atomic mass is 10.1. The molecule has 24 heavy (non-hydrogen) atoms. The number of rotatable bonds is 4. The molecule has 0 aliphatic heterocycles. The first-order valence-corrected chi connectivity index (χ1v) is 8.36. The Morgan fingerprint density at radius 2 is 1.96 bits per heavy atom. The minimum atomic E-state index is 0.797. The topological polar surface area (TPSA) is 55.1 Å². The zero-order valence-electron chi connectivity index (χ0n) is 13.0. The summed E-state index contributed by atoms with van der Waals surface area (Å²) in [6.07, 6.45) is 5.47. The number of benzene rings is 2. The normalized spacial score (nSPS) is 11.8. The van der Waals surface area contributed by atoms with Gasteiger partial charge in [0, 0.05) is 18.1 Å². The van der Waals surface area contributed by atoms with Crippen molar-refractivity contribution in [3.63, 3.8) is 0 Å². The fourth-order valence-corrected chi connectivity index (χ4v) is 3.21. The lowest BCUT2D eigenvalue weighted by Gasteiger charge is -2.05. The third kappa shape index (κ3) is 2.91. The molecule has 4 aromatic rings. The van der Waals surface area contributed by atoms with Gasteiger partial charge in [-0.15, -0.1) is 0 Å². The molecule has 0 atom stereocenters. The van der Waals surface area contributed by atoms with Crippen molar-refractivity contribution in [1.82, 2.24) is 14.5 Å². The Hall–Kier alpha value is -2.99. The van der Waals surface area contributed by atoms with Crippen LogP contribution >= 0.6 is 11.3 Å². The summed E-state index contributed by atoms with van der Waals surface area (Å²) in [5, 5.41) is 5.24. The van der Waals surface area contributed by atoms with Gasteiger partial charge in [-0.05, 0) is 36.8 Å². The van der Waals surface area contributed by atoms with E-state index in [9.17, 15) is 0 Å². The van der Waals surface area contributed by atoms with Crippen molar-refractivity contribution in [1.29, 1.82) is 0 Å². The van der Waals surface area contributed by atoms with E-state index in [4.69, 9.17) is 0 Å². The van der Waals surface area contributed by atoms with Gasteiger partial charge >= 0.3 is 0 Å². The molecule has 0 aliphatic rings. The van der Waals surface area contributed by atoms with E-state index >= 15 is 0 Å². The molecule has 4 rings (SSSR count). The van der Waals surface area contributed by atoms with Crippen LogP contribution in [0, 0.1) is 0 Å². The third-order valence-corrected chi connectivity index (χ3v) is 4.64. The lowest BCUT2D eigenvalue weighted by Crippen LogP contribution is -2.00. The van der Waals surface area contributed by atoms with Gasteiger partial charge in [0.1, 0.15) is 0 Å². The Kier molecular flexibility index (Phi) is 3.80. The van der Waals surface area contributed by atoms with E-state index in [-0.39, 0.29) is 0 Å². The fourth-order valence-electron chi connectivity index (χ4n) is 2.40. The summed E-state index contributed by atoms with van der Waals surface area (Å²) in [7, 11) is 0. The predicted molar refractivity (Wildman–Crippen MR) is 99.0 cm³/mol. The number of anilines is 1. The molecule has 1 N–H and O–H groups in total. The predicted octanol–water partition coefficient (Wildman–Crippen LogP) is 4.32. The number of thiazole rings is 1. The van der Waals surface area contributed by atoms with Crippen LogP contribution in [0.1, 0.15) is 12.5 Å². The maximum atomic E-state index is 4.52. The van der Waals surface area contributed by atoms with Crippen LogP contribution in [0.4, 0.5) is 5.13 Å². The molecular formula is C18H15N5S. The molecule has 118 valence electrons. The minimum Gasteiger partial charge on any atom is -0.306 e. The number of para-hydroxylation sites is 1. The van der Waals surface area contributed by atoms with Gasteiger partial charge in [-0.25, -0.2) is 9.97 Å². The summed E-state index contributed by atoms with van der Waals surface area (Å²) in [6.45, 7) is 1.98. The average Bonchev–Trinajstić information content (AvgIpc) is 3.29. The van der Waals surface area contributed by atoms with E-state index in [1.165, 1.54) is 0 Å². The van der Waals surface area contributed by atoms with Gasteiger partial charge in [-0.3, -0.25) is 5.43 Å². The lowest BCUT2D eigenvalue weighted by molar-refractivity contribution is 1.06. The Morgan fingerprint density at radius 1 is 1.12 bits per heavy atom. The maximum absolute atomic E-state index is 4.52. The smallest absolute Gasteiger partial charge is 0.204 e. The second kappa shape index (κ2) is 6.25. The van der Waals surface area contributed by atoms with Crippen molar-refractivity contribution in [2.75, 3.05) is 5.43 Å². The highest BCUT2D eigenvalue weighted by Crippen LogP contribution is 2.25. The Balaban J connectivity index is 1.52. The molecule has 0 aliphatic carbocycles. The Morgan fingerprint density at radius 3 is 2.71 bits per heavy atom. The second-order valence-corrected chi connectivity index (χ2v) is 6.34. The summed E-state index contributed by atoms with van der Waals surface area (Å²) in [4.78, 5) is 8.58. The van der Waals surface area contributed by atoms with Crippen molar-refractivity contribution < 1.29 is 0 Å². The zero-order chi connectivity index (χ0) is 16.4. The van der Waals surface area contributed by atoms with Gasteiger partial charge in [0.15, 0.2) is 0 Å². The summed E-state index contributed by atoms with van der Waals surface area (Å²) in [5.74, 6) is 0. The SMILES string of the molecule is CC(=NNc1nc2ccccc2s1)c1ccc(-n2ccnc2)cc1. The number of hydrazone groups is 1. The molecule has 0 saturated heterocycles. The summed E-state index contributed by atoms with van der Waals surface area (Å²) in [6, 6.07) is 16.3. The van der Waals surface area contributed by atoms with Gasteiger partial charge in [0.05, 0.1) is 22.3 Å². The third-order valence-electron chi connectivity index (χ3n) is 3.70. The van der Waals surface area contributed by atoms with Gasteiger partial charge in [0.2, 0.25) is 5.13 Å². The Bertz CT molecular complexity index is 951. The van der Waals surface area contributed by atoms with Crippen LogP contribution in [-0.4, -0.2) is 20.2 Å². The molecule has 0 radical (unpaired) electrons. The molecule has 5 nitrogen and oxygen atoms in total. The second-order valence-electron chi connectivity index (χ2n) is 5.31. The van der Waals surface area contributed by atoms with E-state index in [1.54, 1.807) is 23.9 Å². The van der Waals surface area contributed by atoms with E-state index < -0.39 is 0 Å². The first-order chi connectivity index (χ1) is 11.8. The molecule has 2 aromatic heterocycles. The summed E-state index contributed by atoms with van der Waals surface area (Å²) < 4.78 is 3.12. The van der Waals surface area contributed by atoms with Gasteiger partial charge in [-0.1, -0.05) is 35.6 Å². The molecule has 0 saturated carbocycles. The number of fused-ring (bicyclic) bond motifs is 1. The van der Waals surface area contributed by atoms with Crippen molar-refractivity contribution in [3.05, 3.63) is 72.8 Å². The molecule has 2 aromatic carbocycles. The molecule has 0 unspecified atom stereocenters. The largest absolute Gasteiger partial charge is 0.306 e. The van der Waals surface area contributed by atoms with E-state index in [0.29, 0.717) is 0 Å². The average molecular weight is 333 g/mol. The number of aromatic nitrogens is 3. The molecular weight excluding hydrogens is 318 g/mol. The monoisotopic (exact) mass is 333 g/mol. The van der Waals surface area contributed by atoms with Crippen LogP contribution in [0.3, 0.4) is 0 Å². The number of imidazole rings is 1. The van der Waals surface area contributed by atoms with E-state index in [2.05, 4.69) is 26.6 Å². The van der Waals surface area contributed by atoms with E-state index in [0.717, 1.165) is 32.3 Å². The summed E-state index contributed by atoms with van der Waals surface area (Å²) in [5.41, 5.74) is 7.09. The minimum absolute atomic E-state index is 0.797. The quantitative estimate of drug-likeness (QED) is 0.447. The van der Waals surface area contributed by atoms with Gasteiger partial charge in [0.25, 0.3) is 0 Å². The molecule has 0 amide bonds. The van der Waals surface area contributed by atoms with E-state index in [1.807, 2.05) is 60.2 Å². The first kappa shape index (κ1) is 14.6. The van der Waals surface area contributed by atoms with Crippen LogP contribution in [-0.2, 0) is 0 Å². The zero-order valence-corrected chi connectivity index (χ0v) is 13.9. The van der Waals surface area contributed by atoms with Crippen LogP contribution in [0.15, 0.2) is 72.4 Å². The van der Waals surface area contributed by atoms with Crippen molar-refractivity contribution in [2.24, 2.45) is 5.10 Å². The van der Waals surface area contributed by atoms with Crippen LogP contribution in [0.2, 0.25) is 0 Å². The van der Waals surface area contributed by atoms with Gasteiger partial charge < -0.3 is 4.57 Å². The number of hydrogen-bond donors (Lipinski definition) is 1. The molecule has 0 bridgehead atoms. The molecule has 6 heteroatoms. The number of hydrogen-bond acceptors (Lipinski definition) is 5. The first-order valence-electron chi connectivity index (χ1n) is 7.54. The fraction of sp³-hybridized carbons (Fsp3) is 0.0556. The van der Waals surface area contributed by atoms with Crippen LogP contribution in [0.5, 0.6) is 0 Å². The molecule has 2 heterocycles. The Labute approximate surface area is 143 Å². The number of nitrogens with zero attached hydrogens (tertiary/aromatic N) is 4. The summed E-state index contributed by atoms with van der Waals surface area (Å²) >= 11 is 1.60. The van der Waals surface area contributed by atoms with Crippen molar-refractivity contribution in [2.45, 2.75) is 6.92 Å². The number of nitrogens with one attached hydrogen (secondary N) is 1. The highest BCUT2D eigenvalue weighted by molar-refractivity contribution is 7.22. The van der Waals surface area contributed by atoms with Crippen LogP contribution < -0.4 is 5.43 Å². The highest BCUT2D eigenvalue weighted by atomic mass is 32.1. The van der Waals surface area contributed by atoms with Crippen molar-refractivity contribution >= 4 is 32.4 Å².